The molecule has 0 saturated heterocycles. The molecule has 0 aromatic heterocycles. The molecule has 3 fully saturated rings. The fourth-order valence-electron chi connectivity index (χ4n) is 7.59. The Balaban J connectivity index is 1.32. The van der Waals surface area contributed by atoms with Crippen LogP contribution in [0.25, 0.3) is 0 Å². The number of aliphatic hydroxyl groups is 1. The lowest BCUT2D eigenvalue weighted by atomic mass is 9.48. The third kappa shape index (κ3) is 3.56. The fraction of sp³-hybridized carbons (Fsp3) is 0.654. The Morgan fingerprint density at radius 2 is 1.79 bits per heavy atom. The molecule has 0 heterocycles. The molecule has 5 rings (SSSR count). The fourth-order valence-corrected chi connectivity index (χ4v) is 7.59. The molecule has 4 aliphatic rings. The van der Waals surface area contributed by atoms with E-state index in [1.165, 1.54) is 32.1 Å². The number of carbonyl (C=O) groups excluding carboxylic acids is 1. The van der Waals surface area contributed by atoms with Gasteiger partial charge >= 0.3 is 0 Å². The zero-order valence-electron chi connectivity index (χ0n) is 17.6. The monoisotopic (exact) mass is 393 g/mol. The molecule has 2 N–H and O–H groups in total. The van der Waals surface area contributed by atoms with Gasteiger partial charge in [-0.2, -0.15) is 0 Å². The summed E-state index contributed by atoms with van der Waals surface area (Å²) >= 11 is 0. The number of hydrogen-bond donors (Lipinski definition) is 2. The minimum absolute atomic E-state index is 0.0510. The van der Waals surface area contributed by atoms with Gasteiger partial charge in [-0.1, -0.05) is 31.2 Å². The van der Waals surface area contributed by atoms with Crippen LogP contribution in [0, 0.1) is 35.0 Å². The summed E-state index contributed by atoms with van der Waals surface area (Å²) in [5.74, 6) is 4.09. The number of aliphatic hydroxyl groups excluding tert-OH is 1. The van der Waals surface area contributed by atoms with Crippen molar-refractivity contribution in [2.75, 3.05) is 5.32 Å². The highest BCUT2D eigenvalue weighted by molar-refractivity contribution is 6.03. The van der Waals surface area contributed by atoms with Crippen LogP contribution < -0.4 is 5.32 Å². The summed E-state index contributed by atoms with van der Waals surface area (Å²) in [6, 6.07) is 9.81. The second-order valence-corrected chi connectivity index (χ2v) is 10.5. The Morgan fingerprint density at radius 1 is 1.00 bits per heavy atom. The second kappa shape index (κ2) is 7.58. The summed E-state index contributed by atoms with van der Waals surface area (Å²) in [6.45, 7) is 2.42. The lowest BCUT2D eigenvalue weighted by Crippen LogP contribution is -2.50. The average Bonchev–Trinajstić information content (AvgIpc) is 2.73. The van der Waals surface area contributed by atoms with Crippen molar-refractivity contribution in [2.24, 2.45) is 35.0 Å². The van der Waals surface area contributed by atoms with E-state index in [-0.39, 0.29) is 17.4 Å². The lowest BCUT2D eigenvalue weighted by molar-refractivity contribution is -0.113. The van der Waals surface area contributed by atoms with Gasteiger partial charge in [-0.05, 0) is 105 Å². The van der Waals surface area contributed by atoms with Crippen LogP contribution in [-0.4, -0.2) is 17.1 Å². The molecule has 1 aromatic rings. The summed E-state index contributed by atoms with van der Waals surface area (Å²) in [6.07, 6.45) is 12.8. The highest BCUT2D eigenvalue weighted by Gasteiger charge is 2.52. The van der Waals surface area contributed by atoms with E-state index >= 15 is 0 Å². The molecule has 1 unspecified atom stereocenters. The Labute approximate surface area is 175 Å². The largest absolute Gasteiger partial charge is 0.393 e. The minimum atomic E-state index is -0.0510. The topological polar surface area (TPSA) is 49.3 Å². The number of fused-ring (bicyclic) bond motifs is 5. The number of rotatable bonds is 2. The predicted octanol–water partition coefficient (Wildman–Crippen LogP) is 5.57. The van der Waals surface area contributed by atoms with Crippen molar-refractivity contribution in [1.29, 1.82) is 0 Å². The van der Waals surface area contributed by atoms with Gasteiger partial charge in [-0.25, -0.2) is 0 Å². The van der Waals surface area contributed by atoms with E-state index < -0.39 is 0 Å². The number of nitrogens with one attached hydrogen (secondary N) is 1. The van der Waals surface area contributed by atoms with E-state index in [1.54, 1.807) is 0 Å². The molecule has 0 aliphatic heterocycles. The van der Waals surface area contributed by atoms with Gasteiger partial charge in [0.2, 0.25) is 0 Å². The molecule has 1 aromatic carbocycles. The molecule has 3 saturated carbocycles. The maximum absolute atomic E-state index is 12.9. The van der Waals surface area contributed by atoms with Crippen LogP contribution in [0.2, 0.25) is 0 Å². The van der Waals surface area contributed by atoms with Crippen LogP contribution in [0.4, 0.5) is 5.69 Å². The highest BCUT2D eigenvalue weighted by Crippen LogP contribution is 2.60. The number of amides is 1. The van der Waals surface area contributed by atoms with Crippen LogP contribution in [0.3, 0.4) is 0 Å². The maximum atomic E-state index is 12.9. The summed E-state index contributed by atoms with van der Waals surface area (Å²) in [5.41, 5.74) is 2.04. The number of para-hydroxylation sites is 1. The van der Waals surface area contributed by atoms with Gasteiger partial charge in [-0.15, -0.1) is 0 Å². The van der Waals surface area contributed by atoms with Gasteiger partial charge in [0.05, 0.1) is 6.10 Å². The van der Waals surface area contributed by atoms with Gasteiger partial charge in [0.1, 0.15) is 0 Å². The lowest BCUT2D eigenvalue weighted by Gasteiger charge is -2.57. The molecule has 156 valence electrons. The van der Waals surface area contributed by atoms with Gasteiger partial charge in [0.25, 0.3) is 5.91 Å². The molecule has 3 nitrogen and oxygen atoms in total. The van der Waals surface area contributed by atoms with E-state index in [1.807, 2.05) is 30.3 Å². The number of anilines is 1. The van der Waals surface area contributed by atoms with E-state index in [9.17, 15) is 9.90 Å². The quantitative estimate of drug-likeness (QED) is 0.690. The van der Waals surface area contributed by atoms with Gasteiger partial charge < -0.3 is 10.4 Å². The number of hydrogen-bond acceptors (Lipinski definition) is 2. The Hall–Kier alpha value is -1.61. The van der Waals surface area contributed by atoms with Crippen molar-refractivity contribution in [3.63, 3.8) is 0 Å². The Kier molecular flexibility index (Phi) is 5.06. The van der Waals surface area contributed by atoms with Crippen molar-refractivity contribution in [3.05, 3.63) is 42.0 Å². The first kappa shape index (κ1) is 19.4. The summed E-state index contributed by atoms with van der Waals surface area (Å²) < 4.78 is 0. The molecular formula is C26H35NO2. The Morgan fingerprint density at radius 3 is 2.62 bits per heavy atom. The zero-order valence-corrected chi connectivity index (χ0v) is 17.6. The number of allylic oxidation sites excluding steroid dienone is 1. The van der Waals surface area contributed by atoms with Crippen molar-refractivity contribution < 1.29 is 9.90 Å². The third-order valence-corrected chi connectivity index (χ3v) is 8.92. The summed E-state index contributed by atoms with van der Waals surface area (Å²) in [5, 5.41) is 13.2. The molecule has 1 amide bonds. The summed E-state index contributed by atoms with van der Waals surface area (Å²) in [7, 11) is 0. The first-order valence-corrected chi connectivity index (χ1v) is 11.8. The molecule has 0 bridgehead atoms. The third-order valence-electron chi connectivity index (χ3n) is 8.92. The zero-order chi connectivity index (χ0) is 20.0. The molecule has 0 radical (unpaired) electrons. The normalized spacial score (nSPS) is 41.4. The molecule has 29 heavy (non-hydrogen) atoms. The van der Waals surface area contributed by atoms with Crippen LogP contribution in [0.1, 0.15) is 64.7 Å². The van der Waals surface area contributed by atoms with E-state index in [4.69, 9.17) is 0 Å². The van der Waals surface area contributed by atoms with Crippen LogP contribution >= 0.6 is 0 Å². The van der Waals surface area contributed by atoms with Crippen molar-refractivity contribution >= 4 is 11.6 Å². The molecular weight excluding hydrogens is 358 g/mol. The molecule has 7 atom stereocenters. The maximum Gasteiger partial charge on any atom is 0.251 e. The van der Waals surface area contributed by atoms with Crippen LogP contribution in [0.5, 0.6) is 0 Å². The molecule has 0 spiro atoms. The van der Waals surface area contributed by atoms with Gasteiger partial charge in [-0.3, -0.25) is 4.79 Å². The van der Waals surface area contributed by atoms with Crippen LogP contribution in [0.15, 0.2) is 42.0 Å². The second-order valence-electron chi connectivity index (χ2n) is 10.5. The van der Waals surface area contributed by atoms with Crippen molar-refractivity contribution in [1.82, 2.24) is 0 Å². The first-order valence-electron chi connectivity index (χ1n) is 11.8. The first-order chi connectivity index (χ1) is 14.0. The average molecular weight is 394 g/mol. The predicted molar refractivity (Wildman–Crippen MR) is 116 cm³/mol. The van der Waals surface area contributed by atoms with E-state index in [2.05, 4.69) is 18.3 Å². The highest BCUT2D eigenvalue weighted by atomic mass is 16.3. The molecule has 4 aliphatic carbocycles. The summed E-state index contributed by atoms with van der Waals surface area (Å²) in [4.78, 5) is 12.9. The number of benzene rings is 1. The van der Waals surface area contributed by atoms with E-state index in [0.29, 0.717) is 0 Å². The van der Waals surface area contributed by atoms with Crippen molar-refractivity contribution in [3.8, 4) is 0 Å². The Bertz CT molecular complexity index is 787. The van der Waals surface area contributed by atoms with Gasteiger partial charge in [0, 0.05) is 11.3 Å². The smallest absolute Gasteiger partial charge is 0.251 e. The minimum Gasteiger partial charge on any atom is -0.393 e. The number of carbonyl (C=O) groups is 1. The standard InChI is InChI=1S/C26H35NO2/c1-26-14-13-22-21-11-9-20(28)15-17(21)7-10-23(22)24(26)12-8-18(16-26)25(29)27-19-5-3-2-4-6-19/h2-6,16-17,20-24,28H,7-15H2,1H3,(H,27,29)/t17-,20-,21?,22-,23-,24+,26-/m1/s1. The van der Waals surface area contributed by atoms with Crippen LogP contribution in [-0.2, 0) is 4.79 Å². The van der Waals surface area contributed by atoms with Gasteiger partial charge in [0.15, 0.2) is 0 Å². The van der Waals surface area contributed by atoms with E-state index in [0.717, 1.165) is 66.5 Å². The SMILES string of the molecule is C[C@@]12C=C(C(=O)Nc3ccccc3)CC[C@H]1[C@@H]1CC[C@@H]3C[C@H](O)CCC3[C@H]1CC2. The molecule has 3 heteroatoms. The van der Waals surface area contributed by atoms with Crippen molar-refractivity contribution in [2.45, 2.75) is 70.8 Å².